The van der Waals surface area contributed by atoms with Crippen LogP contribution in [0.2, 0.25) is 0 Å². The van der Waals surface area contributed by atoms with Crippen LogP contribution in [0.1, 0.15) is 25.3 Å². The zero-order chi connectivity index (χ0) is 27.6. The van der Waals surface area contributed by atoms with Crippen molar-refractivity contribution in [2.75, 3.05) is 59.7 Å². The van der Waals surface area contributed by atoms with Gasteiger partial charge in [0, 0.05) is 48.9 Å². The van der Waals surface area contributed by atoms with Gasteiger partial charge in [0.25, 0.3) is 0 Å². The smallest absolute Gasteiger partial charge is 0.305 e. The number of methoxy groups -OCH3 is 1. The van der Waals surface area contributed by atoms with Gasteiger partial charge in [-0.2, -0.15) is 0 Å². The fourth-order valence-electron chi connectivity index (χ4n) is 4.36. The van der Waals surface area contributed by atoms with Crippen molar-refractivity contribution in [2.24, 2.45) is 15.0 Å². The number of aliphatic imine (C=N–C) groups is 3. The maximum atomic E-state index is 12.2. The van der Waals surface area contributed by atoms with Gasteiger partial charge in [-0.25, -0.2) is 14.3 Å². The first-order chi connectivity index (χ1) is 19.0. The highest BCUT2D eigenvalue weighted by molar-refractivity contribution is 9.10. The Kier molecular flexibility index (Phi) is 11.4. The Bertz CT molecular complexity index is 1130. The van der Waals surface area contributed by atoms with Gasteiger partial charge in [0.2, 0.25) is 14.3 Å². The number of benzene rings is 1. The summed E-state index contributed by atoms with van der Waals surface area (Å²) in [4.78, 5) is 27.0. The number of ether oxygens (including phenoxy) is 3. The van der Waals surface area contributed by atoms with Crippen molar-refractivity contribution in [3.8, 4) is 0 Å². The van der Waals surface area contributed by atoms with Crippen molar-refractivity contribution in [2.45, 2.75) is 25.8 Å². The van der Waals surface area contributed by atoms with E-state index in [1.807, 2.05) is 31.2 Å². The zero-order valence-electron chi connectivity index (χ0n) is 22.4. The summed E-state index contributed by atoms with van der Waals surface area (Å²) in [6.07, 6.45) is 5.77. The lowest BCUT2D eigenvalue weighted by molar-refractivity contribution is -0.140. The van der Waals surface area contributed by atoms with Gasteiger partial charge in [-0.15, -0.1) is 0 Å². The average molecular weight is 620 g/mol. The van der Waals surface area contributed by atoms with E-state index in [0.29, 0.717) is 55.8 Å². The number of halogens is 1. The normalized spacial score (nSPS) is 21.2. The summed E-state index contributed by atoms with van der Waals surface area (Å²) in [7, 11) is 0.183. The van der Waals surface area contributed by atoms with Crippen LogP contribution in [0.3, 0.4) is 0 Å². The maximum absolute atomic E-state index is 12.2. The highest BCUT2D eigenvalue weighted by atomic mass is 79.9. The fourth-order valence-corrected chi connectivity index (χ4v) is 6.65. The molecule has 0 aliphatic carbocycles. The second-order valence-electron chi connectivity index (χ2n) is 8.87. The SMILES string of the molecule is C=C/C=C(\N=CC)C1=N[C@@H](CCC(=O)OC)C(OP(N2CCOCC2)N2CCOCC2)=Nc2ccc(Br)cc21. The van der Waals surface area contributed by atoms with Gasteiger partial charge in [-0.05, 0) is 37.6 Å². The lowest BCUT2D eigenvalue weighted by Gasteiger charge is -2.40. The topological polar surface area (TPSA) is 97.5 Å². The van der Waals surface area contributed by atoms with Gasteiger partial charge < -0.3 is 18.7 Å². The molecule has 0 aromatic heterocycles. The summed E-state index contributed by atoms with van der Waals surface area (Å²) in [5.74, 6) is 0.160. The Balaban J connectivity index is 1.80. The molecule has 0 saturated carbocycles. The van der Waals surface area contributed by atoms with Crippen molar-refractivity contribution in [1.82, 2.24) is 9.34 Å². The van der Waals surface area contributed by atoms with Crippen molar-refractivity contribution in [3.63, 3.8) is 0 Å². The van der Waals surface area contributed by atoms with E-state index in [1.54, 1.807) is 12.3 Å². The number of hydrogen-bond donors (Lipinski definition) is 0. The molecule has 1 aromatic carbocycles. The van der Waals surface area contributed by atoms with E-state index in [0.717, 1.165) is 36.2 Å². The minimum absolute atomic E-state index is 0.172. The highest BCUT2D eigenvalue weighted by Crippen LogP contribution is 2.48. The largest absolute Gasteiger partial charge is 0.469 e. The molecule has 2 saturated heterocycles. The van der Waals surface area contributed by atoms with Crippen LogP contribution in [-0.2, 0) is 23.5 Å². The first-order valence-electron chi connectivity index (χ1n) is 13.0. The van der Waals surface area contributed by atoms with Gasteiger partial charge >= 0.3 is 5.97 Å². The summed E-state index contributed by atoms with van der Waals surface area (Å²) in [6, 6.07) is 5.33. The van der Waals surface area contributed by atoms with Crippen LogP contribution in [0.15, 0.2) is 62.1 Å². The van der Waals surface area contributed by atoms with E-state index in [4.69, 9.17) is 28.7 Å². The van der Waals surface area contributed by atoms with Crippen molar-refractivity contribution in [3.05, 3.63) is 52.7 Å². The number of morpholine rings is 2. The molecule has 1 aromatic rings. The Labute approximate surface area is 239 Å². The molecule has 0 amide bonds. The third kappa shape index (κ3) is 7.90. The van der Waals surface area contributed by atoms with Gasteiger partial charge in [0.15, 0.2) is 0 Å². The predicted octanol–water partition coefficient (Wildman–Crippen LogP) is 4.67. The van der Waals surface area contributed by atoms with Crippen molar-refractivity contribution >= 4 is 53.9 Å². The molecule has 10 nitrogen and oxygen atoms in total. The van der Waals surface area contributed by atoms with Crippen LogP contribution in [0.5, 0.6) is 0 Å². The summed E-state index contributed by atoms with van der Waals surface area (Å²) in [6.45, 7) is 11.4. The Hall–Kier alpha value is -2.27. The van der Waals surface area contributed by atoms with Crippen LogP contribution >= 0.6 is 24.4 Å². The van der Waals surface area contributed by atoms with E-state index < -0.39 is 14.5 Å². The van der Waals surface area contributed by atoms with Gasteiger partial charge in [0.1, 0.15) is 6.04 Å². The predicted molar refractivity (Wildman–Crippen MR) is 158 cm³/mol. The number of fused-ring (bicyclic) bond motifs is 1. The molecular formula is C27H35BrN5O5P. The van der Waals surface area contributed by atoms with Gasteiger partial charge in [-0.3, -0.25) is 14.8 Å². The number of allylic oxidation sites excluding steroid dienone is 3. The van der Waals surface area contributed by atoms with Crippen LogP contribution in [0.25, 0.3) is 0 Å². The fraction of sp³-hybridized carbons (Fsp3) is 0.481. The number of rotatable bonds is 9. The zero-order valence-corrected chi connectivity index (χ0v) is 24.9. The molecule has 0 unspecified atom stereocenters. The quantitative estimate of drug-likeness (QED) is 0.171. The Morgan fingerprint density at radius 2 is 1.87 bits per heavy atom. The molecule has 3 heterocycles. The van der Waals surface area contributed by atoms with E-state index in [-0.39, 0.29) is 12.4 Å². The highest BCUT2D eigenvalue weighted by Gasteiger charge is 2.35. The monoisotopic (exact) mass is 619 g/mol. The summed E-state index contributed by atoms with van der Waals surface area (Å²) < 4.78 is 28.6. The lowest BCUT2D eigenvalue weighted by atomic mass is 10.0. The van der Waals surface area contributed by atoms with Crippen LogP contribution in [0, 0.1) is 0 Å². The Morgan fingerprint density at radius 1 is 1.21 bits per heavy atom. The Morgan fingerprint density at radius 3 is 2.46 bits per heavy atom. The molecule has 39 heavy (non-hydrogen) atoms. The molecule has 2 fully saturated rings. The van der Waals surface area contributed by atoms with Crippen molar-refractivity contribution < 1.29 is 23.5 Å². The molecule has 0 radical (unpaired) electrons. The summed E-state index contributed by atoms with van der Waals surface area (Å²) in [5.41, 5.74) is 2.83. The summed E-state index contributed by atoms with van der Waals surface area (Å²) >= 11 is 3.60. The minimum Gasteiger partial charge on any atom is -0.469 e. The number of esters is 1. The van der Waals surface area contributed by atoms with E-state index in [2.05, 4.69) is 36.8 Å². The van der Waals surface area contributed by atoms with Crippen LogP contribution in [0.4, 0.5) is 5.69 Å². The van der Waals surface area contributed by atoms with E-state index in [1.165, 1.54) is 7.11 Å². The van der Waals surface area contributed by atoms with Crippen LogP contribution in [-0.4, -0.2) is 98.9 Å². The molecule has 210 valence electrons. The van der Waals surface area contributed by atoms with Gasteiger partial charge in [0.05, 0.1) is 50.6 Å². The molecule has 3 aliphatic rings. The molecular weight excluding hydrogens is 585 g/mol. The first-order valence-corrected chi connectivity index (χ1v) is 15.0. The number of carbonyl (C=O) groups excluding carboxylic acids is 1. The number of nitrogens with zero attached hydrogens (tertiary/aromatic N) is 5. The van der Waals surface area contributed by atoms with Gasteiger partial charge in [-0.1, -0.05) is 28.6 Å². The average Bonchev–Trinajstić information content (AvgIpc) is 3.11. The lowest BCUT2D eigenvalue weighted by Crippen LogP contribution is -2.42. The van der Waals surface area contributed by atoms with Crippen molar-refractivity contribution in [1.29, 1.82) is 0 Å². The number of carbonyl (C=O) groups is 1. The third-order valence-electron chi connectivity index (χ3n) is 6.28. The minimum atomic E-state index is -1.21. The molecule has 0 spiro atoms. The molecule has 3 aliphatic heterocycles. The molecule has 4 rings (SSSR count). The van der Waals surface area contributed by atoms with E-state index in [9.17, 15) is 4.79 Å². The number of hydrogen-bond acceptors (Lipinski definition) is 10. The molecule has 0 bridgehead atoms. The second kappa shape index (κ2) is 14.9. The molecule has 0 N–H and O–H groups in total. The first kappa shape index (κ1) is 29.7. The molecule has 1 atom stereocenters. The molecule has 12 heteroatoms. The third-order valence-corrected chi connectivity index (χ3v) is 8.90. The summed E-state index contributed by atoms with van der Waals surface area (Å²) in [5, 5.41) is 0. The standard InChI is InChI=1S/C27H35BrN5O5P/c1-4-6-23(29-5-2)26-21-19-20(28)7-8-22(21)31-27(24(30-26)9-10-25(34)35-3)38-39(32-11-15-36-16-12-32)33-13-17-37-18-14-33/h4-8,19,24H,1,9-18H2,2-3H3/b23-6-,29-5?/t24-/m0/s1. The maximum Gasteiger partial charge on any atom is 0.305 e. The van der Waals surface area contributed by atoms with E-state index >= 15 is 0 Å². The van der Waals surface area contributed by atoms with Crippen LogP contribution < -0.4 is 0 Å². The second-order valence-corrected chi connectivity index (χ2v) is 11.6.